The molecule has 1 N–H and O–H groups in total. The van der Waals surface area contributed by atoms with Crippen LogP contribution < -0.4 is 4.74 Å². The van der Waals surface area contributed by atoms with Crippen LogP contribution in [0.25, 0.3) is 11.1 Å². The number of aryl methyl sites for hydroxylation is 1. The number of carbonyl (C=O) groups is 1. The number of carbonyl (C=O) groups excluding carboxylic acids is 1. The van der Waals surface area contributed by atoms with Crippen LogP contribution in [0.3, 0.4) is 0 Å². The summed E-state index contributed by atoms with van der Waals surface area (Å²) in [6.45, 7) is 3.31. The van der Waals surface area contributed by atoms with Crippen molar-refractivity contribution in [3.8, 4) is 22.6 Å². The fraction of sp³-hybridized carbons (Fsp3) is 0.316. The highest BCUT2D eigenvalue weighted by Gasteiger charge is 2.23. The second-order valence-corrected chi connectivity index (χ2v) is 5.94. The molecule has 0 radical (unpaired) electrons. The van der Waals surface area contributed by atoms with Crippen LogP contribution in [0, 0.1) is 6.92 Å². The van der Waals surface area contributed by atoms with Gasteiger partial charge in [-0.15, -0.1) is 0 Å². The lowest BCUT2D eigenvalue weighted by atomic mass is 9.98. The van der Waals surface area contributed by atoms with Gasteiger partial charge in [-0.05, 0) is 31.0 Å². The standard InChI is InChI=1S/C19H21NO3/c1-13-5-3-6-14(11-13)18-16(21)9-8-15(19(18)23-2)12-20-10-4-7-17(20)22/h3,5-6,8-9,11,21H,4,7,10,12H2,1-2H3. The Hall–Kier alpha value is -2.49. The van der Waals surface area contributed by atoms with E-state index in [1.54, 1.807) is 13.2 Å². The Morgan fingerprint density at radius 3 is 2.74 bits per heavy atom. The molecule has 23 heavy (non-hydrogen) atoms. The molecule has 1 amide bonds. The molecule has 1 saturated heterocycles. The average Bonchev–Trinajstić information content (AvgIpc) is 2.93. The quantitative estimate of drug-likeness (QED) is 0.940. The van der Waals surface area contributed by atoms with Gasteiger partial charge in [-0.3, -0.25) is 4.79 Å². The Morgan fingerprint density at radius 1 is 1.26 bits per heavy atom. The van der Waals surface area contributed by atoms with Crippen molar-refractivity contribution in [3.63, 3.8) is 0 Å². The molecule has 2 aromatic rings. The summed E-state index contributed by atoms with van der Waals surface area (Å²) in [5.74, 6) is 0.997. The van der Waals surface area contributed by atoms with E-state index in [1.807, 2.05) is 42.2 Å². The Kier molecular flexibility index (Phi) is 4.24. The number of nitrogens with zero attached hydrogens (tertiary/aromatic N) is 1. The molecule has 120 valence electrons. The Labute approximate surface area is 136 Å². The molecule has 2 aromatic carbocycles. The molecule has 1 fully saturated rings. The summed E-state index contributed by atoms with van der Waals surface area (Å²) in [7, 11) is 1.60. The number of rotatable bonds is 4. The van der Waals surface area contributed by atoms with Crippen LogP contribution in [-0.4, -0.2) is 29.6 Å². The van der Waals surface area contributed by atoms with Crippen LogP contribution in [-0.2, 0) is 11.3 Å². The molecule has 0 saturated carbocycles. The molecular weight excluding hydrogens is 290 g/mol. The second-order valence-electron chi connectivity index (χ2n) is 5.94. The van der Waals surface area contributed by atoms with Gasteiger partial charge in [-0.1, -0.05) is 29.8 Å². The molecule has 1 aliphatic rings. The fourth-order valence-electron chi connectivity index (χ4n) is 3.13. The topological polar surface area (TPSA) is 49.8 Å². The summed E-state index contributed by atoms with van der Waals surface area (Å²) in [5, 5.41) is 10.3. The maximum atomic E-state index is 11.9. The molecular formula is C19H21NO3. The van der Waals surface area contributed by atoms with E-state index in [1.165, 1.54) is 0 Å². The van der Waals surface area contributed by atoms with E-state index < -0.39 is 0 Å². The van der Waals surface area contributed by atoms with Gasteiger partial charge >= 0.3 is 0 Å². The number of hydrogen-bond acceptors (Lipinski definition) is 3. The van der Waals surface area contributed by atoms with Crippen LogP contribution in [0.4, 0.5) is 0 Å². The Morgan fingerprint density at radius 2 is 2.09 bits per heavy atom. The highest BCUT2D eigenvalue weighted by atomic mass is 16.5. The van der Waals surface area contributed by atoms with Crippen molar-refractivity contribution in [3.05, 3.63) is 47.5 Å². The lowest BCUT2D eigenvalue weighted by molar-refractivity contribution is -0.128. The number of benzene rings is 2. The maximum absolute atomic E-state index is 11.9. The summed E-state index contributed by atoms with van der Waals surface area (Å²) in [6.07, 6.45) is 1.52. The lowest BCUT2D eigenvalue weighted by Gasteiger charge is -2.20. The van der Waals surface area contributed by atoms with E-state index >= 15 is 0 Å². The highest BCUT2D eigenvalue weighted by molar-refractivity contribution is 5.80. The first-order chi connectivity index (χ1) is 11.1. The predicted octanol–water partition coefficient (Wildman–Crippen LogP) is 3.50. The van der Waals surface area contributed by atoms with E-state index in [0.29, 0.717) is 24.3 Å². The van der Waals surface area contributed by atoms with Gasteiger partial charge in [0.15, 0.2) is 0 Å². The normalized spacial score (nSPS) is 14.3. The molecule has 0 aliphatic carbocycles. The smallest absolute Gasteiger partial charge is 0.222 e. The number of phenolic OH excluding ortho intramolecular Hbond substituents is 1. The van der Waals surface area contributed by atoms with Crippen LogP contribution in [0.5, 0.6) is 11.5 Å². The van der Waals surface area contributed by atoms with Crippen molar-refractivity contribution < 1.29 is 14.6 Å². The minimum atomic E-state index is 0.178. The van der Waals surface area contributed by atoms with Gasteiger partial charge in [0.25, 0.3) is 0 Å². The van der Waals surface area contributed by atoms with Gasteiger partial charge in [0.1, 0.15) is 11.5 Å². The number of aromatic hydroxyl groups is 1. The molecule has 1 aliphatic heterocycles. The third-order valence-electron chi connectivity index (χ3n) is 4.26. The molecule has 0 bridgehead atoms. The van der Waals surface area contributed by atoms with Crippen molar-refractivity contribution in [1.29, 1.82) is 0 Å². The number of likely N-dealkylation sites (tertiary alicyclic amines) is 1. The van der Waals surface area contributed by atoms with Gasteiger partial charge in [0.05, 0.1) is 12.7 Å². The molecule has 0 aromatic heterocycles. The van der Waals surface area contributed by atoms with Gasteiger partial charge in [-0.25, -0.2) is 0 Å². The molecule has 4 nitrogen and oxygen atoms in total. The summed E-state index contributed by atoms with van der Waals surface area (Å²) in [4.78, 5) is 13.7. The number of amides is 1. The van der Waals surface area contributed by atoms with E-state index in [9.17, 15) is 9.90 Å². The highest BCUT2D eigenvalue weighted by Crippen LogP contribution is 2.41. The van der Waals surface area contributed by atoms with Crippen LogP contribution in [0.1, 0.15) is 24.0 Å². The molecule has 0 spiro atoms. The van der Waals surface area contributed by atoms with Crippen molar-refractivity contribution in [2.24, 2.45) is 0 Å². The summed E-state index contributed by atoms with van der Waals surface area (Å²) in [6, 6.07) is 11.5. The number of hydrogen-bond donors (Lipinski definition) is 1. The van der Waals surface area contributed by atoms with Crippen molar-refractivity contribution in [1.82, 2.24) is 4.90 Å². The van der Waals surface area contributed by atoms with Gasteiger partial charge in [0, 0.05) is 25.1 Å². The maximum Gasteiger partial charge on any atom is 0.222 e. The first-order valence-corrected chi connectivity index (χ1v) is 7.84. The fourth-order valence-corrected chi connectivity index (χ4v) is 3.13. The number of methoxy groups -OCH3 is 1. The van der Waals surface area contributed by atoms with E-state index in [2.05, 4.69) is 0 Å². The molecule has 0 unspecified atom stereocenters. The second kappa shape index (κ2) is 6.32. The van der Waals surface area contributed by atoms with E-state index in [-0.39, 0.29) is 11.7 Å². The van der Waals surface area contributed by atoms with E-state index in [0.717, 1.165) is 29.7 Å². The minimum absolute atomic E-state index is 0.178. The van der Waals surface area contributed by atoms with Crippen LogP contribution in [0.2, 0.25) is 0 Å². The average molecular weight is 311 g/mol. The summed E-state index contributed by atoms with van der Waals surface area (Å²) >= 11 is 0. The third-order valence-corrected chi connectivity index (χ3v) is 4.26. The van der Waals surface area contributed by atoms with Crippen molar-refractivity contribution >= 4 is 5.91 Å². The van der Waals surface area contributed by atoms with Crippen molar-refractivity contribution in [2.75, 3.05) is 13.7 Å². The van der Waals surface area contributed by atoms with Crippen LogP contribution >= 0.6 is 0 Å². The Balaban J connectivity index is 2.05. The summed E-state index contributed by atoms with van der Waals surface area (Å²) < 4.78 is 5.60. The molecule has 3 rings (SSSR count). The third kappa shape index (κ3) is 3.02. The van der Waals surface area contributed by atoms with Gasteiger partial charge in [0.2, 0.25) is 5.91 Å². The zero-order valence-electron chi connectivity index (χ0n) is 13.5. The largest absolute Gasteiger partial charge is 0.507 e. The first-order valence-electron chi connectivity index (χ1n) is 7.84. The number of phenols is 1. The Bertz CT molecular complexity index is 739. The first kappa shape index (κ1) is 15.4. The van der Waals surface area contributed by atoms with Gasteiger partial charge in [-0.2, -0.15) is 0 Å². The van der Waals surface area contributed by atoms with Gasteiger partial charge < -0.3 is 14.7 Å². The van der Waals surface area contributed by atoms with E-state index in [4.69, 9.17) is 4.74 Å². The summed E-state index contributed by atoms with van der Waals surface area (Å²) in [5.41, 5.74) is 3.62. The molecule has 1 heterocycles. The zero-order valence-corrected chi connectivity index (χ0v) is 13.5. The monoisotopic (exact) mass is 311 g/mol. The minimum Gasteiger partial charge on any atom is -0.507 e. The van der Waals surface area contributed by atoms with Crippen LogP contribution in [0.15, 0.2) is 36.4 Å². The predicted molar refractivity (Wildman–Crippen MR) is 89.5 cm³/mol. The van der Waals surface area contributed by atoms with Crippen molar-refractivity contribution in [2.45, 2.75) is 26.3 Å². The molecule has 4 heteroatoms. The molecule has 0 atom stereocenters. The zero-order chi connectivity index (χ0) is 16.4. The SMILES string of the molecule is COc1c(CN2CCCC2=O)ccc(O)c1-c1cccc(C)c1. The number of ether oxygens (including phenoxy) is 1. The lowest BCUT2D eigenvalue weighted by Crippen LogP contribution is -2.24.